The molecule has 2 rings (SSSR count). The summed E-state index contributed by atoms with van der Waals surface area (Å²) in [6.45, 7) is 0.530. The second-order valence-electron chi connectivity index (χ2n) is 6.33. The van der Waals surface area contributed by atoms with Gasteiger partial charge in [0.25, 0.3) is 0 Å². The van der Waals surface area contributed by atoms with Gasteiger partial charge in [-0.25, -0.2) is 4.39 Å². The zero-order valence-corrected chi connectivity index (χ0v) is 13.6. The minimum Gasteiger partial charge on any atom is -0.382 e. The Bertz CT molecular complexity index is 496. The van der Waals surface area contributed by atoms with Crippen LogP contribution in [0.25, 0.3) is 0 Å². The lowest BCUT2D eigenvalue weighted by atomic mass is 9.96. The van der Waals surface area contributed by atoms with Crippen LogP contribution in [-0.2, 0) is 9.53 Å². The SMILES string of the molecule is COCC1(NC(=O)[C@@H](c2ccc(F)cc2)N(C)C)CCCC1. The Morgan fingerprint density at radius 2 is 1.91 bits per heavy atom. The van der Waals surface area contributed by atoms with Crippen LogP contribution in [0.15, 0.2) is 24.3 Å². The van der Waals surface area contributed by atoms with Crippen molar-refractivity contribution < 1.29 is 13.9 Å². The van der Waals surface area contributed by atoms with Crippen molar-refractivity contribution in [1.82, 2.24) is 10.2 Å². The third-order valence-electron chi connectivity index (χ3n) is 4.32. The highest BCUT2D eigenvalue weighted by atomic mass is 19.1. The Morgan fingerprint density at radius 3 is 2.41 bits per heavy atom. The Kier molecular flexibility index (Phi) is 5.53. The Morgan fingerprint density at radius 1 is 1.32 bits per heavy atom. The number of hydrogen-bond donors (Lipinski definition) is 1. The van der Waals surface area contributed by atoms with E-state index >= 15 is 0 Å². The summed E-state index contributed by atoms with van der Waals surface area (Å²) in [5, 5.41) is 3.19. The molecule has 0 unspecified atom stereocenters. The highest BCUT2D eigenvalue weighted by Crippen LogP contribution is 2.31. The van der Waals surface area contributed by atoms with E-state index in [2.05, 4.69) is 5.32 Å². The van der Waals surface area contributed by atoms with E-state index in [4.69, 9.17) is 4.74 Å². The standard InChI is InChI=1S/C17H25FN2O2/c1-20(2)15(13-6-8-14(18)9-7-13)16(21)19-17(12-22-3)10-4-5-11-17/h6-9,15H,4-5,10-12H2,1-3H3,(H,19,21)/t15-/m1/s1. The molecule has 1 aromatic carbocycles. The lowest BCUT2D eigenvalue weighted by molar-refractivity contribution is -0.128. The van der Waals surface area contributed by atoms with Gasteiger partial charge in [-0.3, -0.25) is 9.69 Å². The molecule has 0 bridgehead atoms. The van der Waals surface area contributed by atoms with Crippen LogP contribution >= 0.6 is 0 Å². The molecule has 0 aliphatic heterocycles. The second-order valence-corrected chi connectivity index (χ2v) is 6.33. The number of halogens is 1. The predicted octanol–water partition coefficient (Wildman–Crippen LogP) is 2.50. The average molecular weight is 308 g/mol. The number of carbonyl (C=O) groups excluding carboxylic acids is 1. The number of methoxy groups -OCH3 is 1. The summed E-state index contributed by atoms with van der Waals surface area (Å²) >= 11 is 0. The number of nitrogens with zero attached hydrogens (tertiary/aromatic N) is 1. The van der Waals surface area contributed by atoms with Crippen molar-refractivity contribution in [3.63, 3.8) is 0 Å². The number of hydrogen-bond acceptors (Lipinski definition) is 3. The molecular formula is C17H25FN2O2. The van der Waals surface area contributed by atoms with E-state index in [1.54, 1.807) is 19.2 Å². The predicted molar refractivity (Wildman–Crippen MR) is 84.0 cm³/mol. The number of ether oxygens (including phenoxy) is 1. The largest absolute Gasteiger partial charge is 0.382 e. The van der Waals surface area contributed by atoms with E-state index in [9.17, 15) is 9.18 Å². The van der Waals surface area contributed by atoms with Crippen LogP contribution in [0.5, 0.6) is 0 Å². The van der Waals surface area contributed by atoms with Crippen molar-refractivity contribution in [2.45, 2.75) is 37.3 Å². The van der Waals surface area contributed by atoms with Gasteiger partial charge in [-0.2, -0.15) is 0 Å². The minimum atomic E-state index is -0.435. The van der Waals surface area contributed by atoms with Crippen LogP contribution < -0.4 is 5.32 Å². The van der Waals surface area contributed by atoms with Gasteiger partial charge in [0.15, 0.2) is 0 Å². The fourth-order valence-corrected chi connectivity index (χ4v) is 3.29. The van der Waals surface area contributed by atoms with Gasteiger partial charge in [0.2, 0.25) is 5.91 Å². The number of amides is 1. The Hall–Kier alpha value is -1.46. The van der Waals surface area contributed by atoms with Crippen LogP contribution in [-0.4, -0.2) is 44.2 Å². The molecule has 5 heteroatoms. The van der Waals surface area contributed by atoms with Crippen molar-refractivity contribution in [3.8, 4) is 0 Å². The van der Waals surface area contributed by atoms with E-state index < -0.39 is 6.04 Å². The third-order valence-corrected chi connectivity index (χ3v) is 4.32. The fraction of sp³-hybridized carbons (Fsp3) is 0.588. The van der Waals surface area contributed by atoms with Crippen molar-refractivity contribution in [1.29, 1.82) is 0 Å². The quantitative estimate of drug-likeness (QED) is 0.878. The molecule has 0 heterocycles. The zero-order chi connectivity index (χ0) is 16.2. The van der Waals surface area contributed by atoms with Gasteiger partial charge in [0, 0.05) is 7.11 Å². The van der Waals surface area contributed by atoms with Crippen molar-refractivity contribution in [2.24, 2.45) is 0 Å². The number of rotatable bonds is 6. The number of benzene rings is 1. The zero-order valence-electron chi connectivity index (χ0n) is 13.6. The van der Waals surface area contributed by atoms with Gasteiger partial charge >= 0.3 is 0 Å². The van der Waals surface area contributed by atoms with Crippen LogP contribution in [0.2, 0.25) is 0 Å². The summed E-state index contributed by atoms with van der Waals surface area (Å²) in [6, 6.07) is 5.67. The molecule has 4 nitrogen and oxygen atoms in total. The molecule has 0 spiro atoms. The van der Waals surface area contributed by atoms with Crippen molar-refractivity contribution in [2.75, 3.05) is 27.8 Å². The molecule has 1 aliphatic carbocycles. The van der Waals surface area contributed by atoms with Gasteiger partial charge in [-0.05, 0) is 44.6 Å². The van der Waals surface area contributed by atoms with Gasteiger partial charge in [0.1, 0.15) is 11.9 Å². The van der Waals surface area contributed by atoms with E-state index in [0.29, 0.717) is 6.61 Å². The van der Waals surface area contributed by atoms with Gasteiger partial charge in [-0.1, -0.05) is 25.0 Å². The average Bonchev–Trinajstić information content (AvgIpc) is 2.89. The Balaban J connectivity index is 2.17. The summed E-state index contributed by atoms with van der Waals surface area (Å²) in [7, 11) is 5.37. The summed E-state index contributed by atoms with van der Waals surface area (Å²) in [4.78, 5) is 14.6. The van der Waals surface area contributed by atoms with E-state index in [1.165, 1.54) is 12.1 Å². The first-order valence-electron chi connectivity index (χ1n) is 7.70. The lowest BCUT2D eigenvalue weighted by Crippen LogP contribution is -2.52. The molecule has 1 aromatic rings. The molecular weight excluding hydrogens is 283 g/mol. The fourth-order valence-electron chi connectivity index (χ4n) is 3.29. The molecule has 122 valence electrons. The van der Waals surface area contributed by atoms with E-state index in [0.717, 1.165) is 31.2 Å². The molecule has 1 aliphatic rings. The maximum absolute atomic E-state index is 13.1. The van der Waals surface area contributed by atoms with E-state index in [1.807, 2.05) is 19.0 Å². The first-order valence-corrected chi connectivity index (χ1v) is 7.70. The summed E-state index contributed by atoms with van der Waals surface area (Å²) in [5.74, 6) is -0.358. The van der Waals surface area contributed by atoms with Crippen molar-refractivity contribution >= 4 is 5.91 Å². The molecule has 0 aromatic heterocycles. The first kappa shape index (κ1) is 16.9. The van der Waals surface area contributed by atoms with Crippen LogP contribution in [0, 0.1) is 5.82 Å². The normalized spacial score (nSPS) is 18.4. The smallest absolute Gasteiger partial charge is 0.242 e. The van der Waals surface area contributed by atoms with Crippen LogP contribution in [0.4, 0.5) is 4.39 Å². The van der Waals surface area contributed by atoms with Crippen LogP contribution in [0.3, 0.4) is 0 Å². The van der Waals surface area contributed by atoms with Crippen molar-refractivity contribution in [3.05, 3.63) is 35.6 Å². The first-order chi connectivity index (χ1) is 10.5. The van der Waals surface area contributed by atoms with Gasteiger partial charge in [0.05, 0.1) is 12.1 Å². The van der Waals surface area contributed by atoms with E-state index in [-0.39, 0.29) is 17.3 Å². The molecule has 0 radical (unpaired) electrons. The maximum Gasteiger partial charge on any atom is 0.242 e. The Labute approximate surface area is 131 Å². The topological polar surface area (TPSA) is 41.6 Å². The highest BCUT2D eigenvalue weighted by Gasteiger charge is 2.37. The lowest BCUT2D eigenvalue weighted by Gasteiger charge is -2.33. The number of likely N-dealkylation sites (N-methyl/N-ethyl adjacent to an activating group) is 1. The second kappa shape index (κ2) is 7.20. The molecule has 1 N–H and O–H groups in total. The molecule has 1 fully saturated rings. The molecule has 22 heavy (non-hydrogen) atoms. The highest BCUT2D eigenvalue weighted by molar-refractivity contribution is 5.84. The number of carbonyl (C=O) groups is 1. The maximum atomic E-state index is 13.1. The molecule has 0 saturated heterocycles. The monoisotopic (exact) mass is 308 g/mol. The third kappa shape index (κ3) is 3.84. The molecule has 1 atom stereocenters. The summed E-state index contributed by atoms with van der Waals surface area (Å²) in [5.41, 5.74) is 0.523. The molecule has 1 saturated carbocycles. The summed E-state index contributed by atoms with van der Waals surface area (Å²) < 4.78 is 18.4. The number of nitrogens with one attached hydrogen (secondary N) is 1. The van der Waals surface area contributed by atoms with Crippen LogP contribution in [0.1, 0.15) is 37.3 Å². The summed E-state index contributed by atoms with van der Waals surface area (Å²) in [6.07, 6.45) is 4.09. The molecule has 1 amide bonds. The van der Waals surface area contributed by atoms with Gasteiger partial charge < -0.3 is 10.1 Å². The minimum absolute atomic E-state index is 0.0597. The van der Waals surface area contributed by atoms with Gasteiger partial charge in [-0.15, -0.1) is 0 Å².